The van der Waals surface area contributed by atoms with Crippen molar-refractivity contribution in [2.75, 3.05) is 19.3 Å². The summed E-state index contributed by atoms with van der Waals surface area (Å²) in [6, 6.07) is 12.1. The minimum Gasteiger partial charge on any atom is -0.493 e. The maximum atomic E-state index is 13.6. The molecule has 1 aromatic heterocycles. The van der Waals surface area contributed by atoms with Crippen molar-refractivity contribution in [1.29, 1.82) is 0 Å². The summed E-state index contributed by atoms with van der Waals surface area (Å²) in [5, 5.41) is 3.18. The van der Waals surface area contributed by atoms with E-state index in [1.807, 2.05) is 38.1 Å². The third-order valence-corrected chi connectivity index (χ3v) is 6.88. The maximum absolute atomic E-state index is 13.6. The van der Waals surface area contributed by atoms with E-state index in [4.69, 9.17) is 18.9 Å². The maximum Gasteiger partial charge on any atom is 0.416 e. The van der Waals surface area contributed by atoms with Gasteiger partial charge >= 0.3 is 13.8 Å². The van der Waals surface area contributed by atoms with Gasteiger partial charge in [-0.3, -0.25) is 4.57 Å². The summed E-state index contributed by atoms with van der Waals surface area (Å²) in [6.07, 6.45) is 0.388. The number of aryl methyl sites for hydroxylation is 1. The molecule has 0 bridgehead atoms. The molecule has 3 rings (SSSR count). The second kappa shape index (κ2) is 13.5. The van der Waals surface area contributed by atoms with Crippen molar-refractivity contribution in [2.24, 2.45) is 5.92 Å². The molecule has 6 nitrogen and oxygen atoms in total. The van der Waals surface area contributed by atoms with Gasteiger partial charge in [0.15, 0.2) is 0 Å². The summed E-state index contributed by atoms with van der Waals surface area (Å²) in [4.78, 5) is 17.9. The number of ether oxygens (including phenoxy) is 1. The van der Waals surface area contributed by atoms with Crippen molar-refractivity contribution in [3.8, 4) is 16.9 Å². The van der Waals surface area contributed by atoms with E-state index in [1.54, 1.807) is 24.7 Å². The lowest BCUT2D eigenvalue weighted by Crippen LogP contribution is -2.16. The van der Waals surface area contributed by atoms with Crippen LogP contribution in [0.3, 0.4) is 0 Å². The highest BCUT2D eigenvalue weighted by Crippen LogP contribution is 2.35. The number of rotatable bonds is 14. The standard InChI is InChI=1S/C28H35F3NO5P/c1-20(2)15-23-8-6-21(17-26(23)28(29,30)31)5-3-12-37-27-9-7-22(16-25(27)24-10-13-36-19-24)18-32-11-4-14-38(33,34)35/h6-10,13,16-17,19-20,32H,3-5,11-12,14-15,18H2,1-2H3,(H2,33,34,35). The Kier molecular flexibility index (Phi) is 10.6. The lowest BCUT2D eigenvalue weighted by Gasteiger charge is -2.16. The lowest BCUT2D eigenvalue weighted by atomic mass is 9.95. The summed E-state index contributed by atoms with van der Waals surface area (Å²) in [5.74, 6) is 0.773. The molecule has 0 saturated carbocycles. The normalized spacial score (nSPS) is 12.3. The van der Waals surface area contributed by atoms with Crippen LogP contribution in [0.5, 0.6) is 5.75 Å². The van der Waals surface area contributed by atoms with Crippen molar-refractivity contribution in [3.05, 3.63) is 77.2 Å². The Morgan fingerprint density at radius 1 is 1.05 bits per heavy atom. The molecule has 10 heteroatoms. The van der Waals surface area contributed by atoms with Crippen LogP contribution in [0.25, 0.3) is 11.1 Å². The Balaban J connectivity index is 1.60. The molecule has 1 heterocycles. The summed E-state index contributed by atoms with van der Waals surface area (Å²) in [5.41, 5.74) is 3.02. The van der Waals surface area contributed by atoms with E-state index in [0.717, 1.165) is 16.7 Å². The second-order valence-corrected chi connectivity index (χ2v) is 11.6. The van der Waals surface area contributed by atoms with E-state index in [9.17, 15) is 17.7 Å². The van der Waals surface area contributed by atoms with Crippen molar-refractivity contribution < 1.29 is 36.7 Å². The molecule has 0 fully saturated rings. The van der Waals surface area contributed by atoms with Crippen LogP contribution in [-0.4, -0.2) is 29.1 Å². The molecule has 3 aromatic rings. The van der Waals surface area contributed by atoms with Crippen LogP contribution in [0.2, 0.25) is 0 Å². The Labute approximate surface area is 221 Å². The van der Waals surface area contributed by atoms with Gasteiger partial charge in [0.1, 0.15) is 5.75 Å². The fourth-order valence-electron chi connectivity index (χ4n) is 4.22. The molecule has 0 aliphatic rings. The SMILES string of the molecule is CC(C)Cc1ccc(CCCOc2ccc(CNCCCP(=O)(O)O)cc2-c2ccoc2)cc1C(F)(F)F. The molecule has 0 radical (unpaired) electrons. The average molecular weight is 554 g/mol. The number of nitrogens with one attached hydrogen (secondary N) is 1. The molecule has 0 unspecified atom stereocenters. The number of alkyl halides is 3. The minimum atomic E-state index is -4.38. The fourth-order valence-corrected chi connectivity index (χ4v) is 4.79. The Morgan fingerprint density at radius 3 is 2.47 bits per heavy atom. The fraction of sp³-hybridized carbons (Fsp3) is 0.429. The lowest BCUT2D eigenvalue weighted by molar-refractivity contribution is -0.138. The van der Waals surface area contributed by atoms with Gasteiger partial charge < -0.3 is 24.3 Å². The first-order valence-corrected chi connectivity index (χ1v) is 14.4. The number of furan rings is 1. The molecule has 0 spiro atoms. The molecule has 0 aliphatic heterocycles. The molecule has 38 heavy (non-hydrogen) atoms. The average Bonchev–Trinajstić information content (AvgIpc) is 3.36. The molecule has 0 atom stereocenters. The quantitative estimate of drug-likeness (QED) is 0.150. The van der Waals surface area contributed by atoms with Crippen LogP contribution in [-0.2, 0) is 30.1 Å². The van der Waals surface area contributed by atoms with Gasteiger partial charge in [-0.25, -0.2) is 0 Å². The third kappa shape index (κ3) is 9.62. The van der Waals surface area contributed by atoms with Gasteiger partial charge in [-0.2, -0.15) is 13.2 Å². The van der Waals surface area contributed by atoms with Gasteiger partial charge in [-0.05, 0) is 79.1 Å². The molecular weight excluding hydrogens is 518 g/mol. The summed E-state index contributed by atoms with van der Waals surface area (Å²) < 4.78 is 63.0. The number of hydrogen-bond donors (Lipinski definition) is 3. The van der Waals surface area contributed by atoms with Crippen LogP contribution < -0.4 is 10.1 Å². The highest BCUT2D eigenvalue weighted by Gasteiger charge is 2.33. The first-order valence-electron chi connectivity index (χ1n) is 12.6. The zero-order valence-corrected chi connectivity index (χ0v) is 22.5. The van der Waals surface area contributed by atoms with E-state index >= 15 is 0 Å². The summed E-state index contributed by atoms with van der Waals surface area (Å²) >= 11 is 0. The van der Waals surface area contributed by atoms with E-state index in [0.29, 0.717) is 62.3 Å². The number of halogens is 3. The zero-order chi connectivity index (χ0) is 27.8. The largest absolute Gasteiger partial charge is 0.493 e. The van der Waals surface area contributed by atoms with Crippen molar-refractivity contribution in [2.45, 2.75) is 52.3 Å². The Hall–Kier alpha value is -2.58. The minimum absolute atomic E-state index is 0.134. The monoisotopic (exact) mass is 553 g/mol. The highest BCUT2D eigenvalue weighted by molar-refractivity contribution is 7.51. The predicted octanol–water partition coefficient (Wildman–Crippen LogP) is 6.83. The van der Waals surface area contributed by atoms with Crippen LogP contribution in [0.1, 0.15) is 48.9 Å². The Bertz CT molecular complexity index is 1210. The third-order valence-electron chi connectivity index (χ3n) is 5.98. The van der Waals surface area contributed by atoms with Gasteiger partial charge in [-0.15, -0.1) is 0 Å². The summed E-state index contributed by atoms with van der Waals surface area (Å²) in [6.45, 7) is 5.13. The topological polar surface area (TPSA) is 91.9 Å². The smallest absolute Gasteiger partial charge is 0.416 e. The van der Waals surface area contributed by atoms with Gasteiger partial charge in [-0.1, -0.05) is 32.0 Å². The van der Waals surface area contributed by atoms with Gasteiger partial charge in [0, 0.05) is 17.7 Å². The van der Waals surface area contributed by atoms with Crippen LogP contribution >= 0.6 is 7.60 Å². The Morgan fingerprint density at radius 2 is 1.82 bits per heavy atom. The van der Waals surface area contributed by atoms with Crippen molar-refractivity contribution in [3.63, 3.8) is 0 Å². The molecule has 0 amide bonds. The van der Waals surface area contributed by atoms with Gasteiger partial charge in [0.05, 0.1) is 30.9 Å². The molecule has 208 valence electrons. The second-order valence-electron chi connectivity index (χ2n) is 9.80. The predicted molar refractivity (Wildman–Crippen MR) is 141 cm³/mol. The van der Waals surface area contributed by atoms with E-state index in [1.165, 1.54) is 6.07 Å². The van der Waals surface area contributed by atoms with E-state index in [2.05, 4.69) is 5.32 Å². The number of hydrogen-bond acceptors (Lipinski definition) is 4. The van der Waals surface area contributed by atoms with E-state index in [-0.39, 0.29) is 12.1 Å². The van der Waals surface area contributed by atoms with Crippen molar-refractivity contribution >= 4 is 7.60 Å². The first kappa shape index (κ1) is 30.0. The molecular formula is C28H35F3NO5P. The van der Waals surface area contributed by atoms with Gasteiger partial charge in [0.2, 0.25) is 0 Å². The van der Waals surface area contributed by atoms with Gasteiger partial charge in [0.25, 0.3) is 0 Å². The molecule has 0 aliphatic carbocycles. The number of benzene rings is 2. The van der Waals surface area contributed by atoms with Crippen LogP contribution in [0.15, 0.2) is 59.4 Å². The molecule has 0 saturated heterocycles. The van der Waals surface area contributed by atoms with Crippen molar-refractivity contribution in [1.82, 2.24) is 5.32 Å². The van der Waals surface area contributed by atoms with E-state index < -0.39 is 19.3 Å². The summed E-state index contributed by atoms with van der Waals surface area (Å²) in [7, 11) is -3.99. The highest BCUT2D eigenvalue weighted by atomic mass is 31.2. The first-order chi connectivity index (χ1) is 17.9. The molecule has 3 N–H and O–H groups in total. The zero-order valence-electron chi connectivity index (χ0n) is 21.6. The molecule has 2 aromatic carbocycles. The van der Waals surface area contributed by atoms with Crippen LogP contribution in [0, 0.1) is 5.92 Å². The van der Waals surface area contributed by atoms with Crippen LogP contribution in [0.4, 0.5) is 13.2 Å².